The van der Waals surface area contributed by atoms with Crippen LogP contribution in [0, 0.1) is 0 Å². The van der Waals surface area contributed by atoms with E-state index in [2.05, 4.69) is 0 Å². The number of amides is 1. The quantitative estimate of drug-likeness (QED) is 0.769. The molecule has 5 nitrogen and oxygen atoms in total. The van der Waals surface area contributed by atoms with Crippen molar-refractivity contribution in [1.82, 2.24) is 4.90 Å². The van der Waals surface area contributed by atoms with Gasteiger partial charge in [0.25, 0.3) is 0 Å². The molecule has 1 rings (SSSR count). The van der Waals surface area contributed by atoms with Gasteiger partial charge in [-0.05, 0) is 39.5 Å². The molecule has 1 amide bonds. The van der Waals surface area contributed by atoms with E-state index in [1.807, 2.05) is 18.7 Å². The standard InChI is InChI=1S/C12H22N2O3/c1-8-4-3-5-9(2)14(8)12(17)10(13)6-7-11(15)16/h8-10H,3-7,13H2,1-2H3,(H,15,16)/t8-,9+,10?. The molecule has 1 saturated heterocycles. The molecular weight excluding hydrogens is 220 g/mol. The van der Waals surface area contributed by atoms with E-state index < -0.39 is 12.0 Å². The topological polar surface area (TPSA) is 83.6 Å². The van der Waals surface area contributed by atoms with Crippen LogP contribution in [0.2, 0.25) is 0 Å². The number of carbonyl (C=O) groups is 2. The first kappa shape index (κ1) is 14.0. The Bertz CT molecular complexity index is 283. The molecule has 1 aliphatic heterocycles. The molecule has 0 spiro atoms. The maximum atomic E-state index is 12.1. The van der Waals surface area contributed by atoms with Gasteiger partial charge in [-0.3, -0.25) is 9.59 Å². The number of carboxylic acids is 1. The molecule has 0 aliphatic carbocycles. The third-order valence-electron chi connectivity index (χ3n) is 3.43. The summed E-state index contributed by atoms with van der Waals surface area (Å²) in [6.45, 7) is 4.05. The van der Waals surface area contributed by atoms with E-state index in [1.165, 1.54) is 0 Å². The number of likely N-dealkylation sites (tertiary alicyclic amines) is 1. The first-order valence-electron chi connectivity index (χ1n) is 6.23. The molecule has 1 fully saturated rings. The second-order valence-corrected chi connectivity index (χ2v) is 4.91. The second kappa shape index (κ2) is 6.00. The summed E-state index contributed by atoms with van der Waals surface area (Å²) in [5, 5.41) is 8.58. The highest BCUT2D eigenvalue weighted by atomic mass is 16.4. The Hall–Kier alpha value is -1.10. The Kier molecular flexibility index (Phi) is 4.93. The number of aliphatic carboxylic acids is 1. The molecule has 0 aromatic rings. The third kappa shape index (κ3) is 3.70. The Balaban J connectivity index is 2.57. The van der Waals surface area contributed by atoms with Crippen LogP contribution in [0.15, 0.2) is 0 Å². The summed E-state index contributed by atoms with van der Waals surface area (Å²) in [7, 11) is 0. The van der Waals surface area contributed by atoms with Crippen LogP contribution < -0.4 is 5.73 Å². The van der Waals surface area contributed by atoms with Crippen molar-refractivity contribution in [3.05, 3.63) is 0 Å². The van der Waals surface area contributed by atoms with Crippen LogP contribution in [0.1, 0.15) is 46.0 Å². The summed E-state index contributed by atoms with van der Waals surface area (Å²) in [4.78, 5) is 24.4. The minimum atomic E-state index is -0.909. The van der Waals surface area contributed by atoms with Crippen molar-refractivity contribution in [2.45, 2.75) is 64.1 Å². The average molecular weight is 242 g/mol. The number of hydrogen-bond acceptors (Lipinski definition) is 3. The van der Waals surface area contributed by atoms with E-state index in [1.54, 1.807) is 0 Å². The predicted octanol–water partition coefficient (Wildman–Crippen LogP) is 0.968. The van der Waals surface area contributed by atoms with Gasteiger partial charge < -0.3 is 15.7 Å². The SMILES string of the molecule is C[C@@H]1CCC[C@H](C)N1C(=O)C(N)CCC(=O)O. The van der Waals surface area contributed by atoms with Gasteiger partial charge in [-0.25, -0.2) is 0 Å². The van der Waals surface area contributed by atoms with Crippen molar-refractivity contribution in [1.29, 1.82) is 0 Å². The van der Waals surface area contributed by atoms with Crippen molar-refractivity contribution < 1.29 is 14.7 Å². The van der Waals surface area contributed by atoms with Gasteiger partial charge in [0.1, 0.15) is 0 Å². The lowest BCUT2D eigenvalue weighted by molar-refractivity contribution is -0.140. The van der Waals surface area contributed by atoms with Gasteiger partial charge in [0.2, 0.25) is 5.91 Å². The molecule has 0 aromatic carbocycles. The van der Waals surface area contributed by atoms with Gasteiger partial charge in [0.15, 0.2) is 0 Å². The minimum Gasteiger partial charge on any atom is -0.481 e. The van der Waals surface area contributed by atoms with Crippen molar-refractivity contribution in [3.63, 3.8) is 0 Å². The van der Waals surface area contributed by atoms with E-state index in [9.17, 15) is 9.59 Å². The first-order chi connectivity index (χ1) is 7.93. The molecule has 3 atom stereocenters. The van der Waals surface area contributed by atoms with Crippen LogP contribution in [0.4, 0.5) is 0 Å². The lowest BCUT2D eigenvalue weighted by atomic mass is 9.96. The Morgan fingerprint density at radius 2 is 1.88 bits per heavy atom. The number of carbonyl (C=O) groups excluding carboxylic acids is 1. The van der Waals surface area contributed by atoms with E-state index in [-0.39, 0.29) is 30.8 Å². The largest absolute Gasteiger partial charge is 0.481 e. The van der Waals surface area contributed by atoms with Crippen LogP contribution in [0.3, 0.4) is 0 Å². The molecule has 98 valence electrons. The molecular formula is C12H22N2O3. The van der Waals surface area contributed by atoms with Gasteiger partial charge in [-0.1, -0.05) is 0 Å². The smallest absolute Gasteiger partial charge is 0.303 e. The first-order valence-corrected chi connectivity index (χ1v) is 6.23. The molecule has 5 heteroatoms. The van der Waals surface area contributed by atoms with Crippen LogP contribution >= 0.6 is 0 Å². The number of nitrogens with zero attached hydrogens (tertiary/aromatic N) is 1. The van der Waals surface area contributed by atoms with Crippen LogP contribution in [0.5, 0.6) is 0 Å². The van der Waals surface area contributed by atoms with Gasteiger partial charge >= 0.3 is 5.97 Å². The zero-order valence-corrected chi connectivity index (χ0v) is 10.6. The van der Waals surface area contributed by atoms with Gasteiger partial charge in [-0.2, -0.15) is 0 Å². The average Bonchev–Trinajstić information content (AvgIpc) is 2.25. The summed E-state index contributed by atoms with van der Waals surface area (Å²) < 4.78 is 0. The lowest BCUT2D eigenvalue weighted by Gasteiger charge is -2.40. The fourth-order valence-corrected chi connectivity index (χ4v) is 2.45. The molecule has 0 aromatic heterocycles. The fraction of sp³-hybridized carbons (Fsp3) is 0.833. The number of carboxylic acid groups (broad SMARTS) is 1. The zero-order chi connectivity index (χ0) is 13.0. The second-order valence-electron chi connectivity index (χ2n) is 4.91. The summed E-state index contributed by atoms with van der Waals surface area (Å²) in [5.41, 5.74) is 5.77. The van der Waals surface area contributed by atoms with Gasteiger partial charge in [0.05, 0.1) is 6.04 Å². The number of nitrogens with two attached hydrogens (primary N) is 1. The van der Waals surface area contributed by atoms with E-state index >= 15 is 0 Å². The molecule has 1 unspecified atom stereocenters. The number of piperidine rings is 1. The molecule has 17 heavy (non-hydrogen) atoms. The predicted molar refractivity (Wildman–Crippen MR) is 64.5 cm³/mol. The van der Waals surface area contributed by atoms with Crippen molar-refractivity contribution in [2.75, 3.05) is 0 Å². The lowest BCUT2D eigenvalue weighted by Crippen LogP contribution is -2.53. The Labute approximate surface area is 102 Å². The highest BCUT2D eigenvalue weighted by molar-refractivity contribution is 5.83. The summed E-state index contributed by atoms with van der Waals surface area (Å²) in [5.74, 6) is -1.01. The van der Waals surface area contributed by atoms with Crippen LogP contribution in [0.25, 0.3) is 0 Å². The van der Waals surface area contributed by atoms with Crippen LogP contribution in [-0.4, -0.2) is 40.0 Å². The summed E-state index contributed by atoms with van der Waals surface area (Å²) in [6.07, 6.45) is 3.30. The Morgan fingerprint density at radius 3 is 2.35 bits per heavy atom. The van der Waals surface area contributed by atoms with Gasteiger partial charge in [0, 0.05) is 18.5 Å². The van der Waals surface area contributed by atoms with Gasteiger partial charge in [-0.15, -0.1) is 0 Å². The molecule has 0 bridgehead atoms. The molecule has 3 N–H and O–H groups in total. The van der Waals surface area contributed by atoms with Crippen molar-refractivity contribution >= 4 is 11.9 Å². The van der Waals surface area contributed by atoms with E-state index in [0.29, 0.717) is 0 Å². The maximum absolute atomic E-state index is 12.1. The van der Waals surface area contributed by atoms with Crippen LogP contribution in [-0.2, 0) is 9.59 Å². The summed E-state index contributed by atoms with van der Waals surface area (Å²) in [6, 6.07) is -0.265. The van der Waals surface area contributed by atoms with E-state index in [0.717, 1.165) is 19.3 Å². The number of rotatable bonds is 4. The minimum absolute atomic E-state index is 0.0521. The highest BCUT2D eigenvalue weighted by Crippen LogP contribution is 2.23. The maximum Gasteiger partial charge on any atom is 0.303 e. The molecule has 1 heterocycles. The molecule has 1 aliphatic rings. The van der Waals surface area contributed by atoms with Crippen molar-refractivity contribution in [3.8, 4) is 0 Å². The van der Waals surface area contributed by atoms with E-state index in [4.69, 9.17) is 10.8 Å². The van der Waals surface area contributed by atoms with Crippen molar-refractivity contribution in [2.24, 2.45) is 5.73 Å². The molecule has 0 radical (unpaired) electrons. The number of hydrogen-bond donors (Lipinski definition) is 2. The Morgan fingerprint density at radius 1 is 1.35 bits per heavy atom. The summed E-state index contributed by atoms with van der Waals surface area (Å²) >= 11 is 0. The third-order valence-corrected chi connectivity index (χ3v) is 3.43. The fourth-order valence-electron chi connectivity index (χ4n) is 2.45. The normalized spacial score (nSPS) is 26.6. The molecule has 0 saturated carbocycles. The highest BCUT2D eigenvalue weighted by Gasteiger charge is 2.31. The zero-order valence-electron chi connectivity index (χ0n) is 10.6. The monoisotopic (exact) mass is 242 g/mol.